The SMILES string of the molecule is CC1CCN(C(=O)c2cc(Cl)c(Cl)c(S(N)(=O)=O)c2)CC1. The number of amides is 1. The molecule has 1 aromatic rings. The number of sulfonamides is 1. The molecule has 1 heterocycles. The smallest absolute Gasteiger partial charge is 0.253 e. The zero-order valence-electron chi connectivity index (χ0n) is 11.5. The largest absolute Gasteiger partial charge is 0.339 e. The number of benzene rings is 1. The lowest BCUT2D eigenvalue weighted by atomic mass is 9.98. The van der Waals surface area contributed by atoms with Crippen LogP contribution >= 0.6 is 23.2 Å². The Bertz CT molecular complexity index is 668. The van der Waals surface area contributed by atoms with Gasteiger partial charge in [-0.15, -0.1) is 0 Å². The Hall–Kier alpha value is -0.820. The molecule has 1 fully saturated rings. The van der Waals surface area contributed by atoms with Crippen LogP contribution in [0.4, 0.5) is 0 Å². The van der Waals surface area contributed by atoms with E-state index in [0.29, 0.717) is 19.0 Å². The molecule has 1 aromatic carbocycles. The van der Waals surface area contributed by atoms with Crippen molar-refractivity contribution in [2.45, 2.75) is 24.7 Å². The molecule has 0 atom stereocenters. The highest BCUT2D eigenvalue weighted by Gasteiger charge is 2.25. The normalized spacial score (nSPS) is 17.0. The van der Waals surface area contributed by atoms with Crippen molar-refractivity contribution < 1.29 is 13.2 Å². The molecular formula is C13H16Cl2N2O3S. The zero-order valence-corrected chi connectivity index (χ0v) is 13.8. The van der Waals surface area contributed by atoms with Crippen LogP contribution in [-0.4, -0.2) is 32.3 Å². The first-order valence-corrected chi connectivity index (χ1v) is 8.81. The van der Waals surface area contributed by atoms with Gasteiger partial charge in [-0.1, -0.05) is 30.1 Å². The van der Waals surface area contributed by atoms with Gasteiger partial charge in [0.1, 0.15) is 4.90 Å². The summed E-state index contributed by atoms with van der Waals surface area (Å²) in [6.07, 6.45) is 1.85. The number of hydrogen-bond donors (Lipinski definition) is 1. The van der Waals surface area contributed by atoms with E-state index in [1.807, 2.05) is 0 Å². The van der Waals surface area contributed by atoms with Crippen LogP contribution in [-0.2, 0) is 10.0 Å². The minimum absolute atomic E-state index is 0.00285. The number of hydrogen-bond acceptors (Lipinski definition) is 3. The molecule has 0 saturated carbocycles. The second kappa shape index (κ2) is 6.12. The lowest BCUT2D eigenvalue weighted by Gasteiger charge is -2.30. The van der Waals surface area contributed by atoms with Gasteiger partial charge in [-0.25, -0.2) is 13.6 Å². The average molecular weight is 351 g/mol. The fourth-order valence-corrected chi connectivity index (χ4v) is 3.65. The summed E-state index contributed by atoms with van der Waals surface area (Å²) in [6, 6.07) is 2.56. The van der Waals surface area contributed by atoms with Gasteiger partial charge in [0.25, 0.3) is 5.91 Å². The molecule has 21 heavy (non-hydrogen) atoms. The van der Waals surface area contributed by atoms with Gasteiger partial charge in [0, 0.05) is 18.7 Å². The molecule has 0 spiro atoms. The monoisotopic (exact) mass is 350 g/mol. The van der Waals surface area contributed by atoms with E-state index in [1.54, 1.807) is 4.90 Å². The van der Waals surface area contributed by atoms with Crippen molar-refractivity contribution in [2.75, 3.05) is 13.1 Å². The van der Waals surface area contributed by atoms with Crippen LogP contribution in [0.3, 0.4) is 0 Å². The Labute approximate surface area is 134 Å². The van der Waals surface area contributed by atoms with E-state index >= 15 is 0 Å². The zero-order chi connectivity index (χ0) is 15.8. The summed E-state index contributed by atoms with van der Waals surface area (Å²) >= 11 is 11.8. The second-order valence-corrected chi connectivity index (χ2v) is 7.60. The number of nitrogens with zero attached hydrogens (tertiary/aromatic N) is 1. The van der Waals surface area contributed by atoms with Gasteiger partial charge >= 0.3 is 0 Å². The van der Waals surface area contributed by atoms with E-state index in [-0.39, 0.29) is 26.4 Å². The highest BCUT2D eigenvalue weighted by Crippen LogP contribution is 2.31. The molecule has 1 saturated heterocycles. The summed E-state index contributed by atoms with van der Waals surface area (Å²) < 4.78 is 23.0. The number of carbonyl (C=O) groups is 1. The van der Waals surface area contributed by atoms with Crippen LogP contribution < -0.4 is 5.14 Å². The molecule has 1 aliphatic heterocycles. The van der Waals surface area contributed by atoms with E-state index in [9.17, 15) is 13.2 Å². The Morgan fingerprint density at radius 2 is 1.86 bits per heavy atom. The van der Waals surface area contributed by atoms with Crippen molar-refractivity contribution in [3.8, 4) is 0 Å². The fourth-order valence-electron chi connectivity index (χ4n) is 2.29. The van der Waals surface area contributed by atoms with Gasteiger partial charge in [-0.3, -0.25) is 4.79 Å². The number of primary sulfonamides is 1. The molecule has 0 unspecified atom stereocenters. The van der Waals surface area contributed by atoms with Crippen LogP contribution in [0, 0.1) is 5.92 Å². The summed E-state index contributed by atoms with van der Waals surface area (Å²) in [5.41, 5.74) is 0.183. The van der Waals surface area contributed by atoms with Gasteiger partial charge < -0.3 is 4.90 Å². The van der Waals surface area contributed by atoms with Gasteiger partial charge in [-0.05, 0) is 30.9 Å². The molecule has 0 aromatic heterocycles. The maximum atomic E-state index is 12.4. The van der Waals surface area contributed by atoms with Crippen molar-refractivity contribution in [3.63, 3.8) is 0 Å². The molecule has 8 heteroatoms. The van der Waals surface area contributed by atoms with E-state index in [2.05, 4.69) is 6.92 Å². The third kappa shape index (κ3) is 3.69. The number of halogens is 2. The Balaban J connectivity index is 2.36. The van der Waals surface area contributed by atoms with Crippen molar-refractivity contribution in [3.05, 3.63) is 27.7 Å². The standard InChI is InChI=1S/C13H16Cl2N2O3S/c1-8-2-4-17(5-3-8)13(18)9-6-10(14)12(15)11(7-9)21(16,19)20/h6-8H,2-5H2,1H3,(H2,16,19,20). The van der Waals surface area contributed by atoms with Crippen molar-refractivity contribution in [2.24, 2.45) is 11.1 Å². The van der Waals surface area contributed by atoms with E-state index < -0.39 is 10.0 Å². The van der Waals surface area contributed by atoms with Crippen LogP contribution in [0.2, 0.25) is 10.0 Å². The van der Waals surface area contributed by atoms with Gasteiger partial charge in [-0.2, -0.15) is 0 Å². The van der Waals surface area contributed by atoms with Gasteiger partial charge in [0.2, 0.25) is 10.0 Å². The predicted octanol–water partition coefficient (Wildman–Crippen LogP) is 2.51. The van der Waals surface area contributed by atoms with Crippen LogP contribution in [0.25, 0.3) is 0 Å². The van der Waals surface area contributed by atoms with E-state index in [0.717, 1.165) is 12.8 Å². The maximum absolute atomic E-state index is 12.4. The van der Waals surface area contributed by atoms with Crippen LogP contribution in [0.15, 0.2) is 17.0 Å². The summed E-state index contributed by atoms with van der Waals surface area (Å²) in [6.45, 7) is 3.43. The lowest BCUT2D eigenvalue weighted by Crippen LogP contribution is -2.38. The van der Waals surface area contributed by atoms with Crippen molar-refractivity contribution >= 4 is 39.1 Å². The molecular weight excluding hydrogens is 335 g/mol. The molecule has 5 nitrogen and oxygen atoms in total. The summed E-state index contributed by atoms with van der Waals surface area (Å²) in [7, 11) is -4.04. The number of rotatable bonds is 2. The topological polar surface area (TPSA) is 80.5 Å². The van der Waals surface area contributed by atoms with Gasteiger partial charge in [0.05, 0.1) is 10.0 Å². The summed E-state index contributed by atoms with van der Waals surface area (Å²) in [5.74, 6) is 0.327. The molecule has 0 radical (unpaired) electrons. The molecule has 2 N–H and O–H groups in total. The van der Waals surface area contributed by atoms with E-state index in [1.165, 1.54) is 12.1 Å². The number of likely N-dealkylation sites (tertiary alicyclic amines) is 1. The molecule has 0 aliphatic carbocycles. The minimum Gasteiger partial charge on any atom is -0.339 e. The van der Waals surface area contributed by atoms with Gasteiger partial charge in [0.15, 0.2) is 0 Å². The molecule has 1 amide bonds. The first-order valence-electron chi connectivity index (χ1n) is 6.51. The molecule has 1 aliphatic rings. The maximum Gasteiger partial charge on any atom is 0.253 e. The summed E-state index contributed by atoms with van der Waals surface area (Å²) in [5, 5.41) is 4.93. The third-order valence-corrected chi connectivity index (χ3v) is 5.47. The summed E-state index contributed by atoms with van der Waals surface area (Å²) in [4.78, 5) is 13.8. The number of carbonyl (C=O) groups excluding carboxylic acids is 1. The Morgan fingerprint density at radius 3 is 2.38 bits per heavy atom. The van der Waals surface area contributed by atoms with E-state index in [4.69, 9.17) is 28.3 Å². The highest BCUT2D eigenvalue weighted by atomic mass is 35.5. The second-order valence-electron chi connectivity index (χ2n) is 5.29. The van der Waals surface area contributed by atoms with Crippen LogP contribution in [0.5, 0.6) is 0 Å². The van der Waals surface area contributed by atoms with Crippen molar-refractivity contribution in [1.29, 1.82) is 0 Å². The van der Waals surface area contributed by atoms with Crippen LogP contribution in [0.1, 0.15) is 30.1 Å². The quantitative estimate of drug-likeness (QED) is 0.889. The third-order valence-electron chi connectivity index (χ3n) is 3.62. The lowest BCUT2D eigenvalue weighted by molar-refractivity contribution is 0.0697. The predicted molar refractivity (Wildman–Crippen MR) is 82.1 cm³/mol. The highest BCUT2D eigenvalue weighted by molar-refractivity contribution is 7.89. The Morgan fingerprint density at radius 1 is 1.29 bits per heavy atom. The minimum atomic E-state index is -4.04. The Kier molecular flexibility index (Phi) is 4.82. The molecule has 0 bridgehead atoms. The number of piperidine rings is 1. The molecule has 116 valence electrons. The first kappa shape index (κ1) is 16.5. The first-order chi connectivity index (χ1) is 9.70. The number of nitrogens with two attached hydrogens (primary N) is 1. The van der Waals surface area contributed by atoms with Crippen molar-refractivity contribution in [1.82, 2.24) is 4.90 Å². The fraction of sp³-hybridized carbons (Fsp3) is 0.462. The average Bonchev–Trinajstić information content (AvgIpc) is 2.40. The molecule has 2 rings (SSSR count).